The molecule has 2 heterocycles. The fraction of sp³-hybridized carbons (Fsp3) is 0.100. The third-order valence-electron chi connectivity index (χ3n) is 6.67. The van der Waals surface area contributed by atoms with E-state index in [0.29, 0.717) is 12.5 Å². The first-order valence-electron chi connectivity index (χ1n) is 11.7. The average Bonchev–Trinajstić information content (AvgIpc) is 3.26. The van der Waals surface area contributed by atoms with Gasteiger partial charge in [-0.15, -0.1) is 0 Å². The Hall–Kier alpha value is -4.01. The lowest BCUT2D eigenvalue weighted by Gasteiger charge is -2.10. The first-order chi connectivity index (χ1) is 17.3. The molecule has 4 nitrogen and oxygen atoms in total. The Kier molecular flexibility index (Phi) is 4.68. The summed E-state index contributed by atoms with van der Waals surface area (Å²) in [7, 11) is -1.45. The van der Waals surface area contributed by atoms with Crippen LogP contribution < -0.4 is 0 Å². The van der Waals surface area contributed by atoms with Crippen molar-refractivity contribution in [3.63, 3.8) is 0 Å². The van der Waals surface area contributed by atoms with Crippen LogP contribution in [0.5, 0.6) is 0 Å². The van der Waals surface area contributed by atoms with Crippen LogP contribution in [-0.4, -0.2) is 12.5 Å². The van der Waals surface area contributed by atoms with Crippen molar-refractivity contribution in [1.82, 2.24) is 0 Å². The molecule has 0 radical (unpaired) electrons. The highest BCUT2D eigenvalue weighted by atomic mass is 31.1. The summed E-state index contributed by atoms with van der Waals surface area (Å²) in [5, 5.41) is 7.84. The van der Waals surface area contributed by atoms with Gasteiger partial charge in [-0.1, -0.05) is 78.9 Å². The van der Waals surface area contributed by atoms with Gasteiger partial charge in [0.05, 0.1) is 5.30 Å². The quantitative estimate of drug-likeness (QED) is 0.251. The predicted octanol–water partition coefficient (Wildman–Crippen LogP) is 9.08. The van der Waals surface area contributed by atoms with E-state index in [0.717, 1.165) is 43.6 Å². The molecule has 0 fully saturated rings. The van der Waals surface area contributed by atoms with Crippen LogP contribution in [0, 0.1) is 0 Å². The second-order valence-electron chi connectivity index (χ2n) is 8.79. The van der Waals surface area contributed by atoms with Gasteiger partial charge in [0.15, 0.2) is 5.90 Å². The molecule has 0 spiro atoms. The van der Waals surface area contributed by atoms with E-state index in [1.54, 1.807) is 0 Å². The van der Waals surface area contributed by atoms with Gasteiger partial charge in [0.25, 0.3) is 8.01 Å². The Morgan fingerprint density at radius 1 is 0.686 bits per heavy atom. The third-order valence-corrected chi connectivity index (χ3v) is 8.20. The Labute approximate surface area is 203 Å². The van der Waals surface area contributed by atoms with Crippen LogP contribution in [0.3, 0.4) is 0 Å². The maximum Gasteiger partial charge on any atom is 0.253 e. The molecule has 7 rings (SSSR count). The van der Waals surface area contributed by atoms with E-state index in [4.69, 9.17) is 18.1 Å². The van der Waals surface area contributed by atoms with Crippen molar-refractivity contribution in [3.05, 3.63) is 103 Å². The normalized spacial score (nSPS) is 15.6. The van der Waals surface area contributed by atoms with Gasteiger partial charge in [0.2, 0.25) is 0 Å². The maximum absolute atomic E-state index is 6.76. The summed E-state index contributed by atoms with van der Waals surface area (Å²) < 4.78 is 19.2. The van der Waals surface area contributed by atoms with Gasteiger partial charge in [-0.3, -0.25) is 0 Å². The van der Waals surface area contributed by atoms with Crippen molar-refractivity contribution in [2.24, 2.45) is 4.99 Å². The molecule has 0 N–H and O–H groups in total. The Balaban J connectivity index is 1.65. The van der Waals surface area contributed by atoms with Crippen molar-refractivity contribution in [1.29, 1.82) is 0 Å². The largest absolute Gasteiger partial charge is 0.479 e. The summed E-state index contributed by atoms with van der Waals surface area (Å²) in [4.78, 5) is 4.70. The molecule has 35 heavy (non-hydrogen) atoms. The van der Waals surface area contributed by atoms with Gasteiger partial charge >= 0.3 is 0 Å². The zero-order chi connectivity index (χ0) is 23.4. The lowest BCUT2D eigenvalue weighted by molar-refractivity contribution is 0.317. The van der Waals surface area contributed by atoms with Crippen LogP contribution in [0.1, 0.15) is 18.5 Å². The lowest BCUT2D eigenvalue weighted by atomic mass is 9.99. The van der Waals surface area contributed by atoms with E-state index in [1.807, 2.05) is 19.1 Å². The number of ether oxygens (including phenoxy) is 1. The minimum absolute atomic E-state index is 0.0590. The van der Waals surface area contributed by atoms with Crippen LogP contribution in [0.2, 0.25) is 0 Å². The molecule has 1 aliphatic rings. The fourth-order valence-corrected chi connectivity index (χ4v) is 6.59. The molecule has 0 saturated carbocycles. The number of rotatable bonds is 2. The summed E-state index contributed by atoms with van der Waals surface area (Å²) in [6.45, 7) is 2.43. The SMILES string of the molecule is CC1=N[C@@H](c2ccccc2-p2oc3ccc4ccccc4c3c3c(ccc4ccccc43)o2)CO1. The Morgan fingerprint density at radius 3 is 1.86 bits per heavy atom. The average molecular weight is 475 g/mol. The lowest BCUT2D eigenvalue weighted by Crippen LogP contribution is -1.98. The number of nitrogens with zero attached hydrogens (tertiary/aromatic N) is 1. The number of aliphatic imine (C=N–C) groups is 1. The van der Waals surface area contributed by atoms with Crippen molar-refractivity contribution in [2.45, 2.75) is 13.0 Å². The molecule has 170 valence electrons. The molecular weight excluding hydrogens is 453 g/mol. The summed E-state index contributed by atoms with van der Waals surface area (Å²) in [5.74, 6) is 0.717. The van der Waals surface area contributed by atoms with E-state index in [9.17, 15) is 0 Å². The minimum Gasteiger partial charge on any atom is -0.479 e. The number of hydrogen-bond donors (Lipinski definition) is 0. The smallest absolute Gasteiger partial charge is 0.253 e. The molecular formula is C30H22NO3P. The maximum atomic E-state index is 6.76. The number of benzene rings is 5. The topological polar surface area (TPSA) is 47.9 Å². The van der Waals surface area contributed by atoms with E-state index >= 15 is 0 Å². The minimum atomic E-state index is -1.45. The van der Waals surface area contributed by atoms with E-state index in [2.05, 4.69) is 84.9 Å². The van der Waals surface area contributed by atoms with Crippen LogP contribution in [-0.2, 0) is 4.74 Å². The zero-order valence-electron chi connectivity index (χ0n) is 19.1. The van der Waals surface area contributed by atoms with Crippen molar-refractivity contribution in [2.75, 3.05) is 6.61 Å². The molecule has 5 heteroatoms. The van der Waals surface area contributed by atoms with Crippen LogP contribution in [0.15, 0.2) is 110 Å². The second-order valence-corrected chi connectivity index (χ2v) is 10.2. The Morgan fingerprint density at radius 2 is 1.26 bits per heavy atom. The standard InChI is InChI=1S/C30H22NO3P/c1-19-31-25(18-32-19)24-12-6-7-13-28(24)35-33-26-16-14-20-8-2-4-10-22(20)29(26)30-23-11-5-3-9-21(23)15-17-27(30)34-35/h2-17,25H,18H2,1H3/t25-/m1/s1. The molecule has 6 aromatic rings. The van der Waals surface area contributed by atoms with Gasteiger partial charge in [-0.05, 0) is 45.3 Å². The highest BCUT2D eigenvalue weighted by Gasteiger charge is 2.23. The predicted molar refractivity (Wildman–Crippen MR) is 144 cm³/mol. The van der Waals surface area contributed by atoms with Crippen LogP contribution in [0.4, 0.5) is 0 Å². The highest BCUT2D eigenvalue weighted by molar-refractivity contribution is 7.45. The van der Waals surface area contributed by atoms with E-state index < -0.39 is 8.01 Å². The van der Waals surface area contributed by atoms with E-state index in [1.165, 1.54) is 10.8 Å². The molecule has 1 atom stereocenters. The van der Waals surface area contributed by atoms with Crippen molar-refractivity contribution in [3.8, 4) is 5.30 Å². The molecule has 1 aliphatic heterocycles. The molecule has 0 bridgehead atoms. The fourth-order valence-electron chi connectivity index (χ4n) is 5.06. The van der Waals surface area contributed by atoms with Gasteiger partial charge in [0, 0.05) is 17.7 Å². The van der Waals surface area contributed by atoms with E-state index in [-0.39, 0.29) is 6.04 Å². The molecule has 0 aliphatic carbocycles. The summed E-state index contributed by atoms with van der Waals surface area (Å²) in [5.41, 5.74) is 2.76. The summed E-state index contributed by atoms with van der Waals surface area (Å²) >= 11 is 0. The molecule has 1 aromatic heterocycles. The summed E-state index contributed by atoms with van der Waals surface area (Å²) in [6, 6.07) is 33.6. The first kappa shape index (κ1) is 20.4. The molecule has 5 aromatic carbocycles. The molecule has 0 unspecified atom stereocenters. The second kappa shape index (κ2) is 8.04. The summed E-state index contributed by atoms with van der Waals surface area (Å²) in [6.07, 6.45) is 0. The number of hydrogen-bond acceptors (Lipinski definition) is 4. The highest BCUT2D eigenvalue weighted by Crippen LogP contribution is 2.48. The number of fused-ring (bicyclic) bond motifs is 7. The monoisotopic (exact) mass is 475 g/mol. The van der Waals surface area contributed by atoms with Gasteiger partial charge in [-0.2, -0.15) is 0 Å². The third kappa shape index (κ3) is 3.33. The van der Waals surface area contributed by atoms with Gasteiger partial charge < -0.3 is 13.1 Å². The van der Waals surface area contributed by atoms with Crippen molar-refractivity contribution >= 4 is 57.4 Å². The van der Waals surface area contributed by atoms with Crippen molar-refractivity contribution < 1.29 is 13.1 Å². The van der Waals surface area contributed by atoms with Gasteiger partial charge in [0.1, 0.15) is 23.8 Å². The van der Waals surface area contributed by atoms with Gasteiger partial charge in [-0.25, -0.2) is 4.99 Å². The zero-order valence-corrected chi connectivity index (χ0v) is 20.0. The first-order valence-corrected chi connectivity index (χ1v) is 12.9. The molecule has 0 amide bonds. The Bertz CT molecular complexity index is 1740. The van der Waals surface area contributed by atoms with Crippen LogP contribution >= 0.6 is 8.01 Å². The van der Waals surface area contributed by atoms with Crippen LogP contribution in [0.25, 0.3) is 48.8 Å². The molecule has 0 saturated heterocycles.